The summed E-state index contributed by atoms with van der Waals surface area (Å²) >= 11 is 0. The monoisotopic (exact) mass is 210 g/mol. The zero-order valence-electron chi connectivity index (χ0n) is 8.73. The standard InChI is InChI=1S/C10H14N2O3/c1-7(13)6-12(2)10(15)8-3-4-9(14)11-5-8/h3-5,7,13H,6H2,1-2H3,(H,11,14). The van der Waals surface area contributed by atoms with Crippen LogP contribution in [0.4, 0.5) is 0 Å². The normalized spacial score (nSPS) is 12.2. The first-order chi connectivity index (χ1) is 7.00. The molecule has 5 nitrogen and oxygen atoms in total. The van der Waals surface area contributed by atoms with Gasteiger partial charge in [0.15, 0.2) is 0 Å². The summed E-state index contributed by atoms with van der Waals surface area (Å²) in [4.78, 5) is 26.3. The van der Waals surface area contributed by atoms with Gasteiger partial charge in [0.05, 0.1) is 11.7 Å². The number of nitrogens with one attached hydrogen (secondary N) is 1. The number of H-pyrrole nitrogens is 1. The van der Waals surface area contributed by atoms with Crippen molar-refractivity contribution >= 4 is 5.91 Å². The van der Waals surface area contributed by atoms with Crippen molar-refractivity contribution in [3.05, 3.63) is 34.2 Å². The van der Waals surface area contributed by atoms with Gasteiger partial charge in [0, 0.05) is 25.9 Å². The second-order valence-electron chi connectivity index (χ2n) is 3.48. The number of aliphatic hydroxyl groups is 1. The lowest BCUT2D eigenvalue weighted by molar-refractivity contribution is 0.0703. The summed E-state index contributed by atoms with van der Waals surface area (Å²) in [5, 5.41) is 9.11. The topological polar surface area (TPSA) is 73.4 Å². The average Bonchev–Trinajstić information content (AvgIpc) is 2.17. The zero-order valence-corrected chi connectivity index (χ0v) is 8.73. The molecular formula is C10H14N2O3. The molecule has 0 saturated heterocycles. The molecule has 1 unspecified atom stereocenters. The zero-order chi connectivity index (χ0) is 11.4. The van der Waals surface area contributed by atoms with Crippen LogP contribution < -0.4 is 5.56 Å². The number of hydrogen-bond donors (Lipinski definition) is 2. The summed E-state index contributed by atoms with van der Waals surface area (Å²) in [7, 11) is 1.60. The maximum atomic E-state index is 11.7. The third-order valence-corrected chi connectivity index (χ3v) is 1.92. The lowest BCUT2D eigenvalue weighted by Gasteiger charge is -2.18. The van der Waals surface area contributed by atoms with E-state index >= 15 is 0 Å². The second-order valence-corrected chi connectivity index (χ2v) is 3.48. The van der Waals surface area contributed by atoms with Gasteiger partial charge in [0.2, 0.25) is 5.56 Å². The van der Waals surface area contributed by atoms with Crippen LogP contribution in [0.5, 0.6) is 0 Å². The van der Waals surface area contributed by atoms with Crippen LogP contribution in [0.25, 0.3) is 0 Å². The van der Waals surface area contributed by atoms with Gasteiger partial charge < -0.3 is 15.0 Å². The summed E-state index contributed by atoms with van der Waals surface area (Å²) in [6, 6.07) is 2.75. The van der Waals surface area contributed by atoms with Gasteiger partial charge in [-0.05, 0) is 13.0 Å². The van der Waals surface area contributed by atoms with Gasteiger partial charge >= 0.3 is 0 Å². The number of amides is 1. The number of hydrogen-bond acceptors (Lipinski definition) is 3. The molecule has 0 bridgehead atoms. The molecule has 0 saturated carbocycles. The van der Waals surface area contributed by atoms with Crippen LogP contribution in [0.15, 0.2) is 23.1 Å². The Bertz CT molecular complexity index is 377. The molecule has 1 amide bonds. The molecule has 0 spiro atoms. The van der Waals surface area contributed by atoms with E-state index in [2.05, 4.69) is 4.98 Å². The first-order valence-corrected chi connectivity index (χ1v) is 4.63. The van der Waals surface area contributed by atoms with E-state index in [4.69, 9.17) is 5.11 Å². The number of aromatic amines is 1. The minimum absolute atomic E-state index is 0.229. The van der Waals surface area contributed by atoms with Crippen LogP contribution >= 0.6 is 0 Å². The number of rotatable bonds is 3. The first kappa shape index (κ1) is 11.5. The van der Waals surface area contributed by atoms with E-state index in [9.17, 15) is 9.59 Å². The highest BCUT2D eigenvalue weighted by atomic mass is 16.3. The molecule has 15 heavy (non-hydrogen) atoms. The van der Waals surface area contributed by atoms with E-state index < -0.39 is 6.10 Å². The largest absolute Gasteiger partial charge is 0.392 e. The third-order valence-electron chi connectivity index (χ3n) is 1.92. The van der Waals surface area contributed by atoms with Crippen molar-refractivity contribution in [3.63, 3.8) is 0 Å². The van der Waals surface area contributed by atoms with E-state index in [1.807, 2.05) is 0 Å². The highest BCUT2D eigenvalue weighted by Crippen LogP contribution is 2.00. The molecule has 82 valence electrons. The van der Waals surface area contributed by atoms with E-state index in [0.29, 0.717) is 5.56 Å². The maximum Gasteiger partial charge on any atom is 0.255 e. The molecule has 5 heteroatoms. The van der Waals surface area contributed by atoms with Gasteiger partial charge in [0.1, 0.15) is 0 Å². The quantitative estimate of drug-likeness (QED) is 0.727. The summed E-state index contributed by atoms with van der Waals surface area (Å²) in [6.07, 6.45) is 0.796. The van der Waals surface area contributed by atoms with Crippen LogP contribution in [0.2, 0.25) is 0 Å². The molecule has 0 aliphatic heterocycles. The van der Waals surface area contributed by atoms with E-state index in [-0.39, 0.29) is 18.0 Å². The number of pyridine rings is 1. The predicted molar refractivity (Wildman–Crippen MR) is 55.7 cm³/mol. The summed E-state index contributed by atoms with van der Waals surface area (Å²) in [5.74, 6) is -0.229. The van der Waals surface area contributed by atoms with Gasteiger partial charge in [0.25, 0.3) is 5.91 Å². The van der Waals surface area contributed by atoms with Crippen LogP contribution in [0.1, 0.15) is 17.3 Å². The van der Waals surface area contributed by atoms with Crippen LogP contribution in [0.3, 0.4) is 0 Å². The Balaban J connectivity index is 2.76. The molecule has 0 aromatic carbocycles. The van der Waals surface area contributed by atoms with E-state index in [1.165, 1.54) is 23.2 Å². The summed E-state index contributed by atoms with van der Waals surface area (Å²) in [5.41, 5.74) is 0.155. The molecular weight excluding hydrogens is 196 g/mol. The first-order valence-electron chi connectivity index (χ1n) is 4.63. The van der Waals surface area contributed by atoms with Gasteiger partial charge in [-0.15, -0.1) is 0 Å². The van der Waals surface area contributed by atoms with Gasteiger partial charge in [-0.1, -0.05) is 0 Å². The molecule has 1 atom stereocenters. The lowest BCUT2D eigenvalue weighted by Crippen LogP contribution is -2.33. The predicted octanol–water partition coefficient (Wildman–Crippen LogP) is -0.172. The molecule has 2 N–H and O–H groups in total. The smallest absolute Gasteiger partial charge is 0.255 e. The molecule has 1 heterocycles. The number of aliphatic hydroxyl groups excluding tert-OH is 1. The van der Waals surface area contributed by atoms with Crippen LogP contribution in [0, 0.1) is 0 Å². The fourth-order valence-corrected chi connectivity index (χ4v) is 1.24. The fourth-order valence-electron chi connectivity index (χ4n) is 1.24. The van der Waals surface area contributed by atoms with Crippen molar-refractivity contribution in [1.82, 2.24) is 9.88 Å². The van der Waals surface area contributed by atoms with Gasteiger partial charge in [-0.3, -0.25) is 9.59 Å². The van der Waals surface area contributed by atoms with Crippen molar-refractivity contribution in [2.24, 2.45) is 0 Å². The Morgan fingerprint density at radius 2 is 2.27 bits per heavy atom. The molecule has 0 radical (unpaired) electrons. The van der Waals surface area contributed by atoms with Crippen LogP contribution in [-0.2, 0) is 0 Å². The number of carbonyl (C=O) groups is 1. The van der Waals surface area contributed by atoms with Crippen LogP contribution in [-0.4, -0.2) is 40.6 Å². The number of aromatic nitrogens is 1. The fraction of sp³-hybridized carbons (Fsp3) is 0.400. The summed E-state index contributed by atoms with van der Waals surface area (Å²) in [6.45, 7) is 1.87. The highest BCUT2D eigenvalue weighted by Gasteiger charge is 2.12. The number of carbonyl (C=O) groups excluding carboxylic acids is 1. The molecule has 0 aliphatic carbocycles. The Morgan fingerprint density at radius 3 is 2.73 bits per heavy atom. The number of nitrogens with zero attached hydrogens (tertiary/aromatic N) is 1. The van der Waals surface area contributed by atoms with E-state index in [0.717, 1.165) is 0 Å². The third kappa shape index (κ3) is 3.21. The van der Waals surface area contributed by atoms with Gasteiger partial charge in [-0.2, -0.15) is 0 Å². The second kappa shape index (κ2) is 4.75. The minimum atomic E-state index is -0.568. The summed E-state index contributed by atoms with van der Waals surface area (Å²) < 4.78 is 0. The number of likely N-dealkylation sites (N-methyl/N-ethyl adjacent to an activating group) is 1. The molecule has 0 aliphatic rings. The minimum Gasteiger partial charge on any atom is -0.392 e. The molecule has 1 aromatic heterocycles. The molecule has 0 fully saturated rings. The van der Waals surface area contributed by atoms with Gasteiger partial charge in [-0.25, -0.2) is 0 Å². The maximum absolute atomic E-state index is 11.7. The molecule has 1 rings (SSSR count). The Labute approximate surface area is 87.4 Å². The lowest BCUT2D eigenvalue weighted by atomic mass is 10.2. The SMILES string of the molecule is CC(O)CN(C)C(=O)c1ccc(=O)[nH]c1. The van der Waals surface area contributed by atoms with Crippen molar-refractivity contribution in [1.29, 1.82) is 0 Å². The Kier molecular flexibility index (Phi) is 3.62. The average molecular weight is 210 g/mol. The van der Waals surface area contributed by atoms with Crippen molar-refractivity contribution < 1.29 is 9.90 Å². The van der Waals surface area contributed by atoms with Crippen molar-refractivity contribution in [2.75, 3.05) is 13.6 Å². The van der Waals surface area contributed by atoms with Crippen molar-refractivity contribution in [2.45, 2.75) is 13.0 Å². The van der Waals surface area contributed by atoms with Crippen molar-refractivity contribution in [3.8, 4) is 0 Å². The highest BCUT2D eigenvalue weighted by molar-refractivity contribution is 5.93. The molecule has 1 aromatic rings. The Hall–Kier alpha value is -1.62. The van der Waals surface area contributed by atoms with E-state index in [1.54, 1.807) is 14.0 Å². The Morgan fingerprint density at radius 1 is 1.60 bits per heavy atom.